The normalized spacial score (nSPS) is 10.1. The number of ketones is 1. The van der Waals surface area contributed by atoms with Crippen LogP contribution < -0.4 is 10.1 Å². The predicted molar refractivity (Wildman–Crippen MR) is 86.8 cm³/mol. The average Bonchev–Trinajstić information content (AvgIpc) is 2.49. The molecule has 114 valence electrons. The number of Topliss-reactive ketones (excluding diaryl/α,β-unsaturated/α-hetero) is 1. The van der Waals surface area contributed by atoms with Crippen LogP contribution in [0.4, 0.5) is 5.69 Å². The van der Waals surface area contributed by atoms with Gasteiger partial charge in [-0.25, -0.2) is 0 Å². The molecule has 0 aliphatic heterocycles. The van der Waals surface area contributed by atoms with Gasteiger partial charge in [0.1, 0.15) is 5.75 Å². The number of carbonyl (C=O) groups is 2. The molecule has 0 atom stereocenters. The second-order valence-electron chi connectivity index (χ2n) is 4.88. The zero-order chi connectivity index (χ0) is 16.1. The van der Waals surface area contributed by atoms with Crippen LogP contribution in [0.1, 0.15) is 22.8 Å². The van der Waals surface area contributed by atoms with Gasteiger partial charge in [0.2, 0.25) is 0 Å². The number of hydrogen-bond donors (Lipinski definition) is 1. The van der Waals surface area contributed by atoms with Crippen molar-refractivity contribution in [3.8, 4) is 5.75 Å². The van der Waals surface area contributed by atoms with Crippen molar-refractivity contribution in [2.75, 3.05) is 11.9 Å². The largest absolute Gasteiger partial charge is 0.484 e. The van der Waals surface area contributed by atoms with E-state index in [2.05, 4.69) is 5.32 Å². The fourth-order valence-electron chi connectivity index (χ4n) is 1.84. The molecule has 0 spiro atoms. The van der Waals surface area contributed by atoms with E-state index < -0.39 is 0 Å². The van der Waals surface area contributed by atoms with Crippen LogP contribution in [0.2, 0.25) is 5.02 Å². The van der Waals surface area contributed by atoms with Crippen LogP contribution in [-0.2, 0) is 4.79 Å². The first kappa shape index (κ1) is 16.0. The van der Waals surface area contributed by atoms with Gasteiger partial charge in [0.25, 0.3) is 5.91 Å². The van der Waals surface area contributed by atoms with Crippen molar-refractivity contribution in [1.82, 2.24) is 0 Å². The Balaban J connectivity index is 1.89. The van der Waals surface area contributed by atoms with Gasteiger partial charge in [-0.2, -0.15) is 0 Å². The Bertz CT molecular complexity index is 696. The van der Waals surface area contributed by atoms with E-state index in [1.807, 2.05) is 6.92 Å². The molecule has 0 bridgehead atoms. The Labute approximate surface area is 134 Å². The zero-order valence-corrected chi connectivity index (χ0v) is 13.1. The van der Waals surface area contributed by atoms with E-state index in [1.54, 1.807) is 42.5 Å². The molecule has 0 heterocycles. The minimum absolute atomic E-state index is 0.0145. The Kier molecular flexibility index (Phi) is 5.17. The van der Waals surface area contributed by atoms with Crippen molar-refractivity contribution in [1.29, 1.82) is 0 Å². The summed E-state index contributed by atoms with van der Waals surface area (Å²) in [7, 11) is 0. The topological polar surface area (TPSA) is 55.4 Å². The summed E-state index contributed by atoms with van der Waals surface area (Å²) in [6.45, 7) is 3.26. The number of benzene rings is 2. The number of ether oxygens (including phenoxy) is 1. The molecule has 1 N–H and O–H groups in total. The number of carbonyl (C=O) groups excluding carboxylic acids is 2. The molecule has 0 aromatic heterocycles. The molecule has 5 heteroatoms. The molecule has 0 radical (unpaired) electrons. The fraction of sp³-hybridized carbons (Fsp3) is 0.176. The van der Waals surface area contributed by atoms with Crippen molar-refractivity contribution in [3.63, 3.8) is 0 Å². The molecule has 2 aromatic rings. The highest BCUT2D eigenvalue weighted by molar-refractivity contribution is 6.31. The van der Waals surface area contributed by atoms with E-state index in [9.17, 15) is 9.59 Å². The van der Waals surface area contributed by atoms with Gasteiger partial charge in [0.15, 0.2) is 12.4 Å². The molecule has 0 unspecified atom stereocenters. The maximum Gasteiger partial charge on any atom is 0.262 e. The summed E-state index contributed by atoms with van der Waals surface area (Å²) in [6.07, 6.45) is 0. The molecule has 2 rings (SSSR count). The summed E-state index contributed by atoms with van der Waals surface area (Å²) in [5.41, 5.74) is 2.11. The van der Waals surface area contributed by atoms with E-state index in [0.717, 1.165) is 5.56 Å². The standard InChI is InChI=1S/C17H16ClNO3/c1-11-9-15(7-8-16(11)18)22-10-17(21)19-14-5-3-13(4-6-14)12(2)20/h3-9H,10H2,1-2H3,(H,19,21). The highest BCUT2D eigenvalue weighted by Gasteiger charge is 2.06. The van der Waals surface area contributed by atoms with Gasteiger partial charge in [-0.15, -0.1) is 0 Å². The first-order valence-electron chi connectivity index (χ1n) is 6.75. The summed E-state index contributed by atoms with van der Waals surface area (Å²) >= 11 is 5.93. The molecular weight excluding hydrogens is 302 g/mol. The quantitative estimate of drug-likeness (QED) is 0.852. The maximum absolute atomic E-state index is 11.8. The fourth-order valence-corrected chi connectivity index (χ4v) is 1.96. The Morgan fingerprint density at radius 2 is 1.82 bits per heavy atom. The first-order valence-corrected chi connectivity index (χ1v) is 7.13. The highest BCUT2D eigenvalue weighted by Crippen LogP contribution is 2.21. The Hall–Kier alpha value is -2.33. The summed E-state index contributed by atoms with van der Waals surface area (Å²) in [5, 5.41) is 3.36. The molecule has 2 aromatic carbocycles. The number of anilines is 1. The molecule has 0 fully saturated rings. The molecule has 22 heavy (non-hydrogen) atoms. The molecule has 0 aliphatic rings. The van der Waals surface area contributed by atoms with Gasteiger partial charge in [-0.3, -0.25) is 9.59 Å². The van der Waals surface area contributed by atoms with Crippen LogP contribution in [0.5, 0.6) is 5.75 Å². The molecule has 0 saturated heterocycles. The van der Waals surface area contributed by atoms with Gasteiger partial charge in [-0.1, -0.05) is 11.6 Å². The van der Waals surface area contributed by atoms with Gasteiger partial charge >= 0.3 is 0 Å². The second-order valence-corrected chi connectivity index (χ2v) is 5.29. The Morgan fingerprint density at radius 3 is 2.41 bits per heavy atom. The maximum atomic E-state index is 11.8. The van der Waals surface area contributed by atoms with Gasteiger partial charge in [0, 0.05) is 16.3 Å². The average molecular weight is 318 g/mol. The first-order chi connectivity index (χ1) is 10.5. The van der Waals surface area contributed by atoms with E-state index in [4.69, 9.17) is 16.3 Å². The van der Waals surface area contributed by atoms with Crippen LogP contribution in [0.3, 0.4) is 0 Å². The lowest BCUT2D eigenvalue weighted by atomic mass is 10.1. The van der Waals surface area contributed by atoms with Crippen LogP contribution in [0, 0.1) is 6.92 Å². The van der Waals surface area contributed by atoms with Crippen LogP contribution in [0.25, 0.3) is 0 Å². The van der Waals surface area contributed by atoms with Crippen LogP contribution >= 0.6 is 11.6 Å². The van der Waals surface area contributed by atoms with E-state index in [1.165, 1.54) is 6.92 Å². The van der Waals surface area contributed by atoms with Crippen molar-refractivity contribution in [2.24, 2.45) is 0 Å². The zero-order valence-electron chi connectivity index (χ0n) is 12.4. The monoisotopic (exact) mass is 317 g/mol. The Morgan fingerprint density at radius 1 is 1.14 bits per heavy atom. The molecule has 4 nitrogen and oxygen atoms in total. The van der Waals surface area contributed by atoms with E-state index in [0.29, 0.717) is 22.0 Å². The number of rotatable bonds is 5. The third-order valence-corrected chi connectivity index (χ3v) is 3.50. The molecular formula is C17H16ClNO3. The van der Waals surface area contributed by atoms with Gasteiger partial charge in [-0.05, 0) is 61.9 Å². The third-order valence-electron chi connectivity index (χ3n) is 3.07. The van der Waals surface area contributed by atoms with Crippen molar-refractivity contribution >= 4 is 29.0 Å². The number of halogens is 1. The number of nitrogens with one attached hydrogen (secondary N) is 1. The summed E-state index contributed by atoms with van der Waals surface area (Å²) in [5.74, 6) is 0.298. The van der Waals surface area contributed by atoms with Gasteiger partial charge in [0.05, 0.1) is 0 Å². The lowest BCUT2D eigenvalue weighted by Crippen LogP contribution is -2.20. The van der Waals surface area contributed by atoms with Crippen molar-refractivity contribution in [3.05, 3.63) is 58.6 Å². The molecule has 0 saturated carbocycles. The second kappa shape index (κ2) is 7.09. The lowest BCUT2D eigenvalue weighted by molar-refractivity contribution is -0.118. The van der Waals surface area contributed by atoms with Crippen molar-refractivity contribution < 1.29 is 14.3 Å². The summed E-state index contributed by atoms with van der Waals surface area (Å²) < 4.78 is 5.41. The third kappa shape index (κ3) is 4.33. The minimum atomic E-state index is -0.275. The summed E-state index contributed by atoms with van der Waals surface area (Å²) in [4.78, 5) is 23.0. The molecule has 1 amide bonds. The van der Waals surface area contributed by atoms with Crippen LogP contribution in [-0.4, -0.2) is 18.3 Å². The number of amides is 1. The van der Waals surface area contributed by atoms with Gasteiger partial charge < -0.3 is 10.1 Å². The number of aryl methyl sites for hydroxylation is 1. The smallest absolute Gasteiger partial charge is 0.262 e. The predicted octanol–water partition coefficient (Wildman–Crippen LogP) is 3.87. The van der Waals surface area contributed by atoms with Crippen LogP contribution in [0.15, 0.2) is 42.5 Å². The van der Waals surface area contributed by atoms with E-state index in [-0.39, 0.29) is 18.3 Å². The molecule has 0 aliphatic carbocycles. The number of hydrogen-bond acceptors (Lipinski definition) is 3. The summed E-state index contributed by atoms with van der Waals surface area (Å²) in [6, 6.07) is 11.9. The minimum Gasteiger partial charge on any atom is -0.484 e. The lowest BCUT2D eigenvalue weighted by Gasteiger charge is -2.09. The van der Waals surface area contributed by atoms with Crippen molar-refractivity contribution in [2.45, 2.75) is 13.8 Å². The SMILES string of the molecule is CC(=O)c1ccc(NC(=O)COc2ccc(Cl)c(C)c2)cc1. The highest BCUT2D eigenvalue weighted by atomic mass is 35.5. The van der Waals surface area contributed by atoms with E-state index >= 15 is 0 Å².